The van der Waals surface area contributed by atoms with Crippen LogP contribution in [0.25, 0.3) is 0 Å². The minimum absolute atomic E-state index is 0.133. The van der Waals surface area contributed by atoms with E-state index in [9.17, 15) is 14.4 Å². The van der Waals surface area contributed by atoms with E-state index in [0.29, 0.717) is 25.0 Å². The largest absolute Gasteiger partial charge is 0.322 e. The first-order valence-corrected chi connectivity index (χ1v) is 7.14. The summed E-state index contributed by atoms with van der Waals surface area (Å²) in [7, 11) is 1.47. The predicted molar refractivity (Wildman–Crippen MR) is 79.2 cm³/mol. The number of carbonyl (C=O) groups excluding carboxylic acids is 3. The lowest BCUT2D eigenvalue weighted by Crippen LogP contribution is -2.53. The normalized spacial score (nSPS) is 27.1. The average Bonchev–Trinajstić information content (AvgIpc) is 2.75. The number of nitrogens with zero attached hydrogens (tertiary/aromatic N) is 2. The van der Waals surface area contributed by atoms with Crippen LogP contribution in [-0.2, 0) is 14.4 Å². The number of rotatable bonds is 3. The standard InChI is InChI=1S/C16H20N2O3/c1-4-6-11-10-18(15(20)12(11)7-5-2)13-8-9-14(19)17(3)16(13)21/h4,6-7,13H,1,5,8-10H2,2-3H3/b11-6-,12-7+. The van der Waals surface area contributed by atoms with E-state index < -0.39 is 6.04 Å². The Bertz CT molecular complexity index is 560. The summed E-state index contributed by atoms with van der Waals surface area (Å²) in [6.45, 7) is 6.03. The molecule has 0 aromatic heterocycles. The lowest BCUT2D eigenvalue weighted by molar-refractivity contribution is -0.153. The quantitative estimate of drug-likeness (QED) is 0.583. The Balaban J connectivity index is 2.29. The van der Waals surface area contributed by atoms with E-state index in [0.717, 1.165) is 16.9 Å². The van der Waals surface area contributed by atoms with Gasteiger partial charge in [-0.3, -0.25) is 19.3 Å². The highest BCUT2D eigenvalue weighted by atomic mass is 16.2. The third-order valence-electron chi connectivity index (χ3n) is 3.90. The molecule has 2 rings (SSSR count). The predicted octanol–water partition coefficient (Wildman–Crippen LogP) is 1.42. The van der Waals surface area contributed by atoms with Crippen LogP contribution in [0.1, 0.15) is 26.2 Å². The fraction of sp³-hybridized carbons (Fsp3) is 0.438. The van der Waals surface area contributed by atoms with E-state index in [4.69, 9.17) is 0 Å². The highest BCUT2D eigenvalue weighted by Crippen LogP contribution is 2.29. The van der Waals surface area contributed by atoms with E-state index in [1.54, 1.807) is 11.0 Å². The number of hydrogen-bond donors (Lipinski definition) is 0. The number of amides is 3. The van der Waals surface area contributed by atoms with Gasteiger partial charge in [-0.2, -0.15) is 0 Å². The topological polar surface area (TPSA) is 57.7 Å². The number of imide groups is 1. The summed E-state index contributed by atoms with van der Waals surface area (Å²) in [5, 5.41) is 0. The summed E-state index contributed by atoms with van der Waals surface area (Å²) in [5.74, 6) is -0.615. The van der Waals surface area contributed by atoms with Gasteiger partial charge in [0.15, 0.2) is 0 Å². The van der Waals surface area contributed by atoms with Gasteiger partial charge in [0.05, 0.1) is 0 Å². The third-order valence-corrected chi connectivity index (χ3v) is 3.90. The number of likely N-dealkylation sites (tertiary alicyclic amines) is 2. The third kappa shape index (κ3) is 2.68. The molecule has 2 saturated heterocycles. The van der Waals surface area contributed by atoms with Crippen LogP contribution in [0.3, 0.4) is 0 Å². The lowest BCUT2D eigenvalue weighted by Gasteiger charge is -2.33. The van der Waals surface area contributed by atoms with Crippen molar-refractivity contribution in [1.82, 2.24) is 9.80 Å². The Kier molecular flexibility index (Phi) is 4.40. The zero-order chi connectivity index (χ0) is 15.6. The molecule has 2 aliphatic rings. The number of piperidine rings is 1. The molecule has 0 saturated carbocycles. The van der Waals surface area contributed by atoms with Gasteiger partial charge in [0.25, 0.3) is 11.8 Å². The van der Waals surface area contributed by atoms with Crippen molar-refractivity contribution in [2.24, 2.45) is 0 Å². The van der Waals surface area contributed by atoms with Crippen molar-refractivity contribution in [3.8, 4) is 0 Å². The second-order valence-corrected chi connectivity index (χ2v) is 5.23. The smallest absolute Gasteiger partial charge is 0.254 e. The molecule has 112 valence electrons. The van der Waals surface area contributed by atoms with Gasteiger partial charge < -0.3 is 4.90 Å². The fourth-order valence-corrected chi connectivity index (χ4v) is 2.78. The van der Waals surface area contributed by atoms with Crippen LogP contribution >= 0.6 is 0 Å². The molecule has 0 spiro atoms. The van der Waals surface area contributed by atoms with E-state index in [1.165, 1.54) is 7.05 Å². The van der Waals surface area contributed by atoms with Crippen molar-refractivity contribution < 1.29 is 14.4 Å². The van der Waals surface area contributed by atoms with Crippen LogP contribution in [0, 0.1) is 0 Å². The Morgan fingerprint density at radius 1 is 1.33 bits per heavy atom. The van der Waals surface area contributed by atoms with Gasteiger partial charge >= 0.3 is 0 Å². The van der Waals surface area contributed by atoms with E-state index in [-0.39, 0.29) is 17.7 Å². The summed E-state index contributed by atoms with van der Waals surface area (Å²) in [4.78, 5) is 39.0. The zero-order valence-corrected chi connectivity index (χ0v) is 12.5. The highest BCUT2D eigenvalue weighted by molar-refractivity contribution is 6.06. The molecule has 5 nitrogen and oxygen atoms in total. The molecule has 0 radical (unpaired) electrons. The second-order valence-electron chi connectivity index (χ2n) is 5.23. The van der Waals surface area contributed by atoms with Crippen molar-refractivity contribution in [3.05, 3.63) is 36.0 Å². The zero-order valence-electron chi connectivity index (χ0n) is 12.5. The van der Waals surface area contributed by atoms with Gasteiger partial charge in [-0.1, -0.05) is 31.7 Å². The van der Waals surface area contributed by atoms with E-state index >= 15 is 0 Å². The van der Waals surface area contributed by atoms with Gasteiger partial charge in [0, 0.05) is 25.6 Å². The molecule has 0 aromatic carbocycles. The van der Waals surface area contributed by atoms with Gasteiger partial charge in [0.1, 0.15) is 6.04 Å². The van der Waals surface area contributed by atoms with Crippen molar-refractivity contribution in [2.75, 3.05) is 13.6 Å². The molecular formula is C16H20N2O3. The molecule has 21 heavy (non-hydrogen) atoms. The molecule has 1 unspecified atom stereocenters. The van der Waals surface area contributed by atoms with Crippen molar-refractivity contribution in [1.29, 1.82) is 0 Å². The van der Waals surface area contributed by atoms with Crippen molar-refractivity contribution in [3.63, 3.8) is 0 Å². The summed E-state index contributed by atoms with van der Waals surface area (Å²) in [6.07, 6.45) is 6.77. The van der Waals surface area contributed by atoms with E-state index in [1.807, 2.05) is 19.1 Å². The molecule has 2 fully saturated rings. The van der Waals surface area contributed by atoms with Crippen molar-refractivity contribution >= 4 is 17.7 Å². The fourth-order valence-electron chi connectivity index (χ4n) is 2.78. The number of likely N-dealkylation sites (N-methyl/N-ethyl adjacent to an activating group) is 1. The van der Waals surface area contributed by atoms with Crippen molar-refractivity contribution in [2.45, 2.75) is 32.2 Å². The Morgan fingerprint density at radius 3 is 2.67 bits per heavy atom. The molecule has 5 heteroatoms. The second kappa shape index (κ2) is 6.08. The molecule has 1 atom stereocenters. The molecule has 0 aliphatic carbocycles. The Hall–Kier alpha value is -2.17. The van der Waals surface area contributed by atoms with E-state index in [2.05, 4.69) is 6.58 Å². The average molecular weight is 288 g/mol. The number of carbonyl (C=O) groups is 3. The summed E-state index contributed by atoms with van der Waals surface area (Å²) >= 11 is 0. The first-order chi connectivity index (χ1) is 10.0. The SMILES string of the molecule is C=C/C=C1/CN(C2CCC(=O)N(C)C2=O)C(=O)/C1=C/CC. The summed E-state index contributed by atoms with van der Waals surface area (Å²) in [5.41, 5.74) is 1.52. The van der Waals surface area contributed by atoms with Gasteiger partial charge in [-0.05, 0) is 18.4 Å². The van der Waals surface area contributed by atoms with Crippen LogP contribution in [0.2, 0.25) is 0 Å². The molecule has 0 aromatic rings. The minimum Gasteiger partial charge on any atom is -0.322 e. The van der Waals surface area contributed by atoms with Crippen LogP contribution < -0.4 is 0 Å². The molecule has 3 amide bonds. The van der Waals surface area contributed by atoms with Gasteiger partial charge in [-0.25, -0.2) is 0 Å². The lowest BCUT2D eigenvalue weighted by atomic mass is 10.0. The molecule has 2 heterocycles. The number of hydrogen-bond acceptors (Lipinski definition) is 3. The molecular weight excluding hydrogens is 268 g/mol. The van der Waals surface area contributed by atoms with Crippen LogP contribution in [0.15, 0.2) is 36.0 Å². The van der Waals surface area contributed by atoms with Crippen LogP contribution in [0.4, 0.5) is 0 Å². The highest BCUT2D eigenvalue weighted by Gasteiger charge is 2.42. The molecule has 0 bridgehead atoms. The Labute approximate surface area is 124 Å². The molecule has 0 N–H and O–H groups in total. The number of allylic oxidation sites excluding steroid dienone is 3. The van der Waals surface area contributed by atoms with Crippen LogP contribution in [0.5, 0.6) is 0 Å². The Morgan fingerprint density at radius 2 is 2.05 bits per heavy atom. The van der Waals surface area contributed by atoms with Gasteiger partial charge in [-0.15, -0.1) is 0 Å². The maximum absolute atomic E-state index is 12.5. The summed E-state index contributed by atoms with van der Waals surface area (Å²) < 4.78 is 0. The van der Waals surface area contributed by atoms with Crippen LogP contribution in [-0.4, -0.2) is 47.2 Å². The minimum atomic E-state index is -0.545. The monoisotopic (exact) mass is 288 g/mol. The summed E-state index contributed by atoms with van der Waals surface area (Å²) in [6, 6.07) is -0.545. The first-order valence-electron chi connectivity index (χ1n) is 7.14. The maximum atomic E-state index is 12.5. The van der Waals surface area contributed by atoms with Gasteiger partial charge in [0.2, 0.25) is 5.91 Å². The first kappa shape index (κ1) is 15.2. The molecule has 2 aliphatic heterocycles. The maximum Gasteiger partial charge on any atom is 0.254 e.